The number of hydrogen-bond donors (Lipinski definition) is 1. The van der Waals surface area contributed by atoms with Gasteiger partial charge in [0.15, 0.2) is 0 Å². The minimum absolute atomic E-state index is 0.0437. The lowest BCUT2D eigenvalue weighted by Gasteiger charge is -2.11. The number of tetrazole rings is 1. The van der Waals surface area contributed by atoms with E-state index in [-0.39, 0.29) is 11.2 Å². The van der Waals surface area contributed by atoms with Crippen molar-refractivity contribution in [1.29, 1.82) is 0 Å². The highest BCUT2D eigenvalue weighted by atomic mass is 32.2. The first-order chi connectivity index (χ1) is 11.0. The van der Waals surface area contributed by atoms with E-state index < -0.39 is 0 Å². The third-order valence-electron chi connectivity index (χ3n) is 3.82. The highest BCUT2D eigenvalue weighted by molar-refractivity contribution is 8.00. The van der Waals surface area contributed by atoms with Gasteiger partial charge in [0.05, 0.1) is 10.9 Å². The van der Waals surface area contributed by atoms with E-state index in [0.29, 0.717) is 17.1 Å². The molecule has 0 aliphatic heterocycles. The summed E-state index contributed by atoms with van der Waals surface area (Å²) in [5.41, 5.74) is 2.17. The third kappa shape index (κ3) is 3.90. The second kappa shape index (κ2) is 6.70. The highest BCUT2D eigenvalue weighted by Crippen LogP contribution is 2.25. The van der Waals surface area contributed by atoms with Gasteiger partial charge in [-0.3, -0.25) is 4.79 Å². The van der Waals surface area contributed by atoms with Crippen LogP contribution in [0.25, 0.3) is 5.69 Å². The normalized spacial score (nSPS) is 15.7. The second-order valence-corrected chi connectivity index (χ2v) is 7.47. The molecule has 2 aromatic rings. The van der Waals surface area contributed by atoms with E-state index in [9.17, 15) is 4.79 Å². The van der Waals surface area contributed by atoms with Gasteiger partial charge in [-0.15, -0.1) is 5.10 Å². The number of amides is 1. The predicted octanol–water partition coefficient (Wildman–Crippen LogP) is 2.54. The summed E-state index contributed by atoms with van der Waals surface area (Å²) in [5, 5.41) is 15.3. The van der Waals surface area contributed by atoms with Crippen LogP contribution in [0.2, 0.25) is 0 Å². The molecule has 1 heterocycles. The molecule has 6 nitrogen and oxygen atoms in total. The zero-order chi connectivity index (χ0) is 16.4. The minimum atomic E-state index is -0.227. The molecule has 0 spiro atoms. The second-order valence-electron chi connectivity index (χ2n) is 6.16. The Morgan fingerprint density at radius 2 is 1.96 bits per heavy atom. The Labute approximate surface area is 140 Å². The fourth-order valence-corrected chi connectivity index (χ4v) is 2.99. The Kier molecular flexibility index (Phi) is 4.66. The smallest absolute Gasteiger partial charge is 0.233 e. The van der Waals surface area contributed by atoms with E-state index in [1.165, 1.54) is 17.3 Å². The van der Waals surface area contributed by atoms with Crippen LogP contribution >= 0.6 is 11.8 Å². The summed E-state index contributed by atoms with van der Waals surface area (Å²) in [5.74, 6) is 0.528. The van der Waals surface area contributed by atoms with Crippen molar-refractivity contribution in [2.75, 3.05) is 0 Å². The molecule has 23 heavy (non-hydrogen) atoms. The van der Waals surface area contributed by atoms with E-state index in [4.69, 9.17) is 0 Å². The van der Waals surface area contributed by atoms with E-state index in [1.807, 2.05) is 19.1 Å². The van der Waals surface area contributed by atoms with Gasteiger partial charge >= 0.3 is 0 Å². The Hall–Kier alpha value is -1.89. The van der Waals surface area contributed by atoms with Crippen LogP contribution in [0.15, 0.2) is 29.4 Å². The molecule has 0 unspecified atom stereocenters. The van der Waals surface area contributed by atoms with Crippen LogP contribution in [-0.4, -0.2) is 37.4 Å². The fraction of sp³-hybridized carbons (Fsp3) is 0.500. The molecule has 1 atom stereocenters. The van der Waals surface area contributed by atoms with Gasteiger partial charge in [0.1, 0.15) is 0 Å². The summed E-state index contributed by atoms with van der Waals surface area (Å²) in [7, 11) is 0. The van der Waals surface area contributed by atoms with Gasteiger partial charge in [0.25, 0.3) is 0 Å². The maximum Gasteiger partial charge on any atom is 0.233 e. The Balaban J connectivity index is 1.72. The number of rotatable bonds is 6. The topological polar surface area (TPSA) is 72.7 Å². The molecule has 1 N–H and O–H groups in total. The largest absolute Gasteiger partial charge is 0.352 e. The number of carbonyl (C=O) groups is 1. The molecule has 1 aromatic heterocycles. The first-order valence-electron chi connectivity index (χ1n) is 7.90. The first-order valence-corrected chi connectivity index (χ1v) is 8.78. The molecule has 1 amide bonds. The maximum absolute atomic E-state index is 12.1. The number of carbonyl (C=O) groups excluding carboxylic acids is 1. The molecule has 7 heteroatoms. The third-order valence-corrected chi connectivity index (χ3v) is 4.85. The molecule has 1 saturated carbocycles. The van der Waals surface area contributed by atoms with Crippen LogP contribution in [0.5, 0.6) is 0 Å². The molecule has 1 aliphatic carbocycles. The summed E-state index contributed by atoms with van der Waals surface area (Å²) >= 11 is 1.37. The molecule has 0 radical (unpaired) electrons. The van der Waals surface area contributed by atoms with Gasteiger partial charge in [-0.2, -0.15) is 4.68 Å². The average Bonchev–Trinajstić information content (AvgIpc) is 3.23. The standard InChI is InChI=1S/C16H21N5OS/c1-10(2)12-4-8-14(9-5-12)21-16(18-19-20-21)23-11(3)15(22)17-13-6-7-13/h4-5,8-11,13H,6-7H2,1-3H3,(H,17,22)/t11-/m1/s1. The average molecular weight is 331 g/mol. The minimum Gasteiger partial charge on any atom is -0.352 e. The molecular formula is C16H21N5OS. The molecule has 0 bridgehead atoms. The van der Waals surface area contributed by atoms with Crippen LogP contribution in [0.4, 0.5) is 0 Å². The van der Waals surface area contributed by atoms with Crippen molar-refractivity contribution in [3.05, 3.63) is 29.8 Å². The number of nitrogens with zero attached hydrogens (tertiary/aromatic N) is 4. The lowest BCUT2D eigenvalue weighted by molar-refractivity contribution is -0.120. The van der Waals surface area contributed by atoms with Crippen molar-refractivity contribution < 1.29 is 4.79 Å². The molecular weight excluding hydrogens is 310 g/mol. The van der Waals surface area contributed by atoms with Crippen LogP contribution in [0.1, 0.15) is 45.1 Å². The van der Waals surface area contributed by atoms with Gasteiger partial charge in [-0.05, 0) is 53.8 Å². The molecule has 1 aliphatic rings. The van der Waals surface area contributed by atoms with Crippen molar-refractivity contribution in [2.45, 2.75) is 56.0 Å². The molecule has 1 aromatic carbocycles. The van der Waals surface area contributed by atoms with Gasteiger partial charge in [-0.25, -0.2) is 0 Å². The van der Waals surface area contributed by atoms with E-state index >= 15 is 0 Å². The summed E-state index contributed by atoms with van der Waals surface area (Å²) in [6, 6.07) is 8.54. The van der Waals surface area contributed by atoms with Crippen molar-refractivity contribution in [3.8, 4) is 5.69 Å². The van der Waals surface area contributed by atoms with Gasteiger partial charge < -0.3 is 5.32 Å². The maximum atomic E-state index is 12.1. The van der Waals surface area contributed by atoms with Gasteiger partial charge in [0, 0.05) is 6.04 Å². The quantitative estimate of drug-likeness (QED) is 0.824. The molecule has 122 valence electrons. The molecule has 3 rings (SSSR count). The van der Waals surface area contributed by atoms with Crippen LogP contribution in [0, 0.1) is 0 Å². The van der Waals surface area contributed by atoms with Crippen LogP contribution < -0.4 is 5.32 Å². The van der Waals surface area contributed by atoms with E-state index in [2.05, 4.69) is 46.8 Å². The van der Waals surface area contributed by atoms with E-state index in [0.717, 1.165) is 18.5 Å². The zero-order valence-corrected chi connectivity index (χ0v) is 14.4. The first kappa shape index (κ1) is 16.0. The summed E-state index contributed by atoms with van der Waals surface area (Å²) in [6.07, 6.45) is 2.17. The van der Waals surface area contributed by atoms with Crippen molar-refractivity contribution in [1.82, 2.24) is 25.5 Å². The monoisotopic (exact) mass is 331 g/mol. The lowest BCUT2D eigenvalue weighted by atomic mass is 10.0. The zero-order valence-electron chi connectivity index (χ0n) is 13.6. The summed E-state index contributed by atoms with van der Waals surface area (Å²) < 4.78 is 1.68. The highest BCUT2D eigenvalue weighted by Gasteiger charge is 2.27. The summed E-state index contributed by atoms with van der Waals surface area (Å²) in [4.78, 5) is 12.1. The van der Waals surface area contributed by atoms with Crippen molar-refractivity contribution in [2.24, 2.45) is 0 Å². The molecule has 0 saturated heterocycles. The number of aromatic nitrogens is 4. The fourth-order valence-electron chi connectivity index (χ4n) is 2.17. The van der Waals surface area contributed by atoms with Crippen molar-refractivity contribution >= 4 is 17.7 Å². The Bertz CT molecular complexity index is 678. The number of benzene rings is 1. The van der Waals surface area contributed by atoms with E-state index in [1.54, 1.807) is 4.68 Å². The Morgan fingerprint density at radius 3 is 2.57 bits per heavy atom. The molecule has 1 fully saturated rings. The van der Waals surface area contributed by atoms with Gasteiger partial charge in [0.2, 0.25) is 11.1 Å². The van der Waals surface area contributed by atoms with Crippen LogP contribution in [-0.2, 0) is 4.79 Å². The SMILES string of the molecule is CC(C)c1ccc(-n2nnnc2S[C@H](C)C(=O)NC2CC2)cc1. The number of hydrogen-bond acceptors (Lipinski definition) is 5. The van der Waals surface area contributed by atoms with Gasteiger partial charge in [-0.1, -0.05) is 37.7 Å². The van der Waals surface area contributed by atoms with Crippen molar-refractivity contribution in [3.63, 3.8) is 0 Å². The lowest BCUT2D eigenvalue weighted by Crippen LogP contribution is -2.32. The number of nitrogens with one attached hydrogen (secondary N) is 1. The number of thioether (sulfide) groups is 1. The Morgan fingerprint density at radius 1 is 1.26 bits per heavy atom. The summed E-state index contributed by atoms with van der Waals surface area (Å²) in [6.45, 7) is 6.20. The van der Waals surface area contributed by atoms with Crippen LogP contribution in [0.3, 0.4) is 0 Å². The predicted molar refractivity (Wildman–Crippen MR) is 89.7 cm³/mol.